The molecule has 1 aromatic carbocycles. The lowest BCUT2D eigenvalue weighted by molar-refractivity contribution is 0.265. The fourth-order valence-corrected chi connectivity index (χ4v) is 2.39. The van der Waals surface area contributed by atoms with Gasteiger partial charge in [0, 0.05) is 11.6 Å². The zero-order valence-electron chi connectivity index (χ0n) is 10.7. The molecule has 3 nitrogen and oxygen atoms in total. The highest BCUT2D eigenvalue weighted by Crippen LogP contribution is 2.21. The number of imidazole rings is 1. The lowest BCUT2D eigenvalue weighted by atomic mass is 10.2. The molecule has 0 fully saturated rings. The third-order valence-electron chi connectivity index (χ3n) is 3.17. The number of aryl methyl sites for hydroxylation is 1. The molecule has 4 heteroatoms. The molecule has 0 aliphatic rings. The summed E-state index contributed by atoms with van der Waals surface area (Å²) in [5, 5.41) is 10.1. The number of benzene rings is 1. The van der Waals surface area contributed by atoms with E-state index in [0.29, 0.717) is 5.02 Å². The minimum absolute atomic E-state index is 0.0277. The van der Waals surface area contributed by atoms with Crippen molar-refractivity contribution in [3.63, 3.8) is 0 Å². The second-order valence-corrected chi connectivity index (χ2v) is 4.97. The molecule has 0 unspecified atom stereocenters. The average Bonchev–Trinajstić information content (AvgIpc) is 2.71. The highest BCUT2D eigenvalue weighted by Gasteiger charge is 2.09. The molecule has 1 heterocycles. The number of aliphatic hydroxyl groups is 1. The molecule has 2 aromatic rings. The highest BCUT2D eigenvalue weighted by molar-refractivity contribution is 6.31. The Hall–Kier alpha value is -1.06. The Morgan fingerprint density at radius 2 is 2.11 bits per heavy atom. The summed E-state index contributed by atoms with van der Waals surface area (Å²) in [6.07, 6.45) is 4.82. The van der Waals surface area contributed by atoms with Crippen molar-refractivity contribution in [3.05, 3.63) is 29.0 Å². The number of nitrogens with zero attached hydrogens (tertiary/aromatic N) is 2. The van der Waals surface area contributed by atoms with E-state index in [9.17, 15) is 5.11 Å². The summed E-state index contributed by atoms with van der Waals surface area (Å²) in [7, 11) is 0. The zero-order valence-corrected chi connectivity index (χ0v) is 11.5. The van der Waals surface area contributed by atoms with E-state index >= 15 is 0 Å². The molecule has 18 heavy (non-hydrogen) atoms. The van der Waals surface area contributed by atoms with Gasteiger partial charge in [-0.2, -0.15) is 0 Å². The largest absolute Gasteiger partial charge is 0.388 e. The summed E-state index contributed by atoms with van der Waals surface area (Å²) in [5.41, 5.74) is 1.92. The standard InChI is InChI=1S/C14H19ClN2O/c1-2-3-4-5-8-17-13-7-6-11(15)9-12(13)16-14(17)10-18/h6-7,9,18H,2-5,8,10H2,1H3. The van der Waals surface area contributed by atoms with Gasteiger partial charge < -0.3 is 9.67 Å². The number of fused-ring (bicyclic) bond motifs is 1. The lowest BCUT2D eigenvalue weighted by Crippen LogP contribution is -2.04. The van der Waals surface area contributed by atoms with Crippen molar-refractivity contribution in [1.82, 2.24) is 9.55 Å². The van der Waals surface area contributed by atoms with Crippen LogP contribution in [0.25, 0.3) is 11.0 Å². The number of aliphatic hydroxyl groups excluding tert-OH is 1. The van der Waals surface area contributed by atoms with Crippen LogP contribution in [0, 0.1) is 0 Å². The number of halogens is 1. The van der Waals surface area contributed by atoms with Crippen LogP contribution in [0.2, 0.25) is 5.02 Å². The predicted octanol–water partition coefficient (Wildman–Crippen LogP) is 3.76. The Balaban J connectivity index is 2.23. The van der Waals surface area contributed by atoms with Gasteiger partial charge in [-0.1, -0.05) is 37.8 Å². The number of rotatable bonds is 6. The van der Waals surface area contributed by atoms with Crippen molar-refractivity contribution in [2.45, 2.75) is 45.8 Å². The second-order valence-electron chi connectivity index (χ2n) is 4.53. The van der Waals surface area contributed by atoms with Crippen LogP contribution in [0.3, 0.4) is 0 Å². The van der Waals surface area contributed by atoms with Crippen LogP contribution in [0.15, 0.2) is 18.2 Å². The number of hydrogen-bond donors (Lipinski definition) is 1. The van der Waals surface area contributed by atoms with Gasteiger partial charge in [-0.3, -0.25) is 0 Å². The van der Waals surface area contributed by atoms with Crippen molar-refractivity contribution in [1.29, 1.82) is 0 Å². The molecule has 1 aromatic heterocycles. The van der Waals surface area contributed by atoms with Gasteiger partial charge in [0.25, 0.3) is 0 Å². The maximum absolute atomic E-state index is 9.38. The van der Waals surface area contributed by atoms with Crippen LogP contribution < -0.4 is 0 Å². The molecule has 1 N–H and O–H groups in total. The van der Waals surface area contributed by atoms with Crippen LogP contribution in [0.5, 0.6) is 0 Å². The second kappa shape index (κ2) is 6.21. The van der Waals surface area contributed by atoms with Crippen LogP contribution in [-0.4, -0.2) is 14.7 Å². The van der Waals surface area contributed by atoms with Crippen molar-refractivity contribution in [2.24, 2.45) is 0 Å². The number of hydrogen-bond acceptors (Lipinski definition) is 2. The fourth-order valence-electron chi connectivity index (χ4n) is 2.22. The first-order chi connectivity index (χ1) is 8.76. The van der Waals surface area contributed by atoms with E-state index in [2.05, 4.69) is 16.5 Å². The van der Waals surface area contributed by atoms with E-state index in [4.69, 9.17) is 11.6 Å². The molecule has 0 radical (unpaired) electrons. The molecule has 0 spiro atoms. The van der Waals surface area contributed by atoms with Crippen LogP contribution >= 0.6 is 11.6 Å². The first-order valence-electron chi connectivity index (χ1n) is 6.51. The van der Waals surface area contributed by atoms with E-state index in [1.165, 1.54) is 19.3 Å². The summed E-state index contributed by atoms with van der Waals surface area (Å²) in [6.45, 7) is 3.09. The van der Waals surface area contributed by atoms with Crippen molar-refractivity contribution in [3.8, 4) is 0 Å². The van der Waals surface area contributed by atoms with Gasteiger partial charge in [-0.15, -0.1) is 0 Å². The number of unbranched alkanes of at least 4 members (excludes halogenated alkanes) is 3. The van der Waals surface area contributed by atoms with Crippen LogP contribution in [0.4, 0.5) is 0 Å². The highest BCUT2D eigenvalue weighted by atomic mass is 35.5. The first kappa shape index (κ1) is 13.4. The molecule has 2 rings (SSSR count). The minimum Gasteiger partial charge on any atom is -0.388 e. The van der Waals surface area contributed by atoms with E-state index in [1.807, 2.05) is 18.2 Å². The molecule has 0 aliphatic heterocycles. The Morgan fingerprint density at radius 1 is 1.28 bits per heavy atom. The summed E-state index contributed by atoms with van der Waals surface area (Å²) in [5.74, 6) is 0.726. The lowest BCUT2D eigenvalue weighted by Gasteiger charge is -2.07. The van der Waals surface area contributed by atoms with Crippen LogP contribution in [0.1, 0.15) is 38.4 Å². The normalized spacial score (nSPS) is 11.3. The topological polar surface area (TPSA) is 38.0 Å². The quantitative estimate of drug-likeness (QED) is 0.809. The Labute approximate surface area is 112 Å². The zero-order chi connectivity index (χ0) is 13.0. The smallest absolute Gasteiger partial charge is 0.135 e. The Morgan fingerprint density at radius 3 is 2.83 bits per heavy atom. The maximum atomic E-state index is 9.38. The molecule has 0 amide bonds. The minimum atomic E-state index is -0.0277. The van der Waals surface area contributed by atoms with E-state index in [1.54, 1.807) is 0 Å². The maximum Gasteiger partial charge on any atom is 0.135 e. The van der Waals surface area contributed by atoms with Crippen molar-refractivity contribution in [2.75, 3.05) is 0 Å². The van der Waals surface area contributed by atoms with Gasteiger partial charge in [-0.05, 0) is 24.6 Å². The third kappa shape index (κ3) is 2.85. The van der Waals surface area contributed by atoms with Gasteiger partial charge >= 0.3 is 0 Å². The number of aromatic nitrogens is 2. The van der Waals surface area contributed by atoms with Gasteiger partial charge in [-0.25, -0.2) is 4.98 Å². The average molecular weight is 267 g/mol. The van der Waals surface area contributed by atoms with E-state index in [0.717, 1.165) is 29.8 Å². The summed E-state index contributed by atoms with van der Waals surface area (Å²) >= 11 is 5.96. The molecule has 0 aliphatic carbocycles. The SMILES string of the molecule is CCCCCCn1c(CO)nc2cc(Cl)ccc21. The van der Waals surface area contributed by atoms with Gasteiger partial charge in [0.15, 0.2) is 0 Å². The Bertz CT molecular complexity index is 522. The van der Waals surface area contributed by atoms with Gasteiger partial charge in [0.2, 0.25) is 0 Å². The molecular formula is C14H19ClN2O. The van der Waals surface area contributed by atoms with Gasteiger partial charge in [0.1, 0.15) is 12.4 Å². The monoisotopic (exact) mass is 266 g/mol. The third-order valence-corrected chi connectivity index (χ3v) is 3.40. The van der Waals surface area contributed by atoms with Crippen LogP contribution in [-0.2, 0) is 13.2 Å². The summed E-state index contributed by atoms with van der Waals surface area (Å²) in [4.78, 5) is 4.42. The summed E-state index contributed by atoms with van der Waals surface area (Å²) in [6, 6.07) is 5.69. The molecule has 0 bridgehead atoms. The fraction of sp³-hybridized carbons (Fsp3) is 0.500. The van der Waals surface area contributed by atoms with E-state index in [-0.39, 0.29) is 6.61 Å². The van der Waals surface area contributed by atoms with Gasteiger partial charge in [0.05, 0.1) is 11.0 Å². The van der Waals surface area contributed by atoms with Crippen molar-refractivity contribution >= 4 is 22.6 Å². The molecule has 0 atom stereocenters. The molecule has 0 saturated heterocycles. The molecule has 0 saturated carbocycles. The molecular weight excluding hydrogens is 248 g/mol. The molecule has 98 valence electrons. The van der Waals surface area contributed by atoms with E-state index < -0.39 is 0 Å². The van der Waals surface area contributed by atoms with Crippen molar-refractivity contribution < 1.29 is 5.11 Å². The Kier molecular flexibility index (Phi) is 4.61. The summed E-state index contributed by atoms with van der Waals surface area (Å²) < 4.78 is 2.10. The first-order valence-corrected chi connectivity index (χ1v) is 6.89. The predicted molar refractivity (Wildman–Crippen MR) is 74.8 cm³/mol.